The van der Waals surface area contributed by atoms with Crippen molar-refractivity contribution in [2.45, 2.75) is 52.5 Å². The lowest BCUT2D eigenvalue weighted by atomic mass is 9.93. The van der Waals surface area contributed by atoms with Crippen LogP contribution < -0.4 is 5.32 Å². The van der Waals surface area contributed by atoms with E-state index in [0.29, 0.717) is 12.0 Å². The molecule has 2 atom stereocenters. The third-order valence-corrected chi connectivity index (χ3v) is 5.35. The van der Waals surface area contributed by atoms with Crippen LogP contribution in [0, 0.1) is 5.92 Å². The van der Waals surface area contributed by atoms with E-state index in [0.717, 1.165) is 32.0 Å². The van der Waals surface area contributed by atoms with Gasteiger partial charge in [0.2, 0.25) is 0 Å². The van der Waals surface area contributed by atoms with Crippen LogP contribution in [0.15, 0.2) is 23.7 Å². The molecule has 1 N–H and O–H groups in total. The van der Waals surface area contributed by atoms with Crippen molar-refractivity contribution in [3.8, 4) is 0 Å². The lowest BCUT2D eigenvalue weighted by molar-refractivity contribution is 0.188. The first-order chi connectivity index (χ1) is 12.7. The molecular formula is C20H38N6. The predicted octanol–water partition coefficient (Wildman–Crippen LogP) is 2.85. The fraction of sp³-hybridized carbons (Fsp3) is 0.800. The van der Waals surface area contributed by atoms with Crippen LogP contribution in [0.25, 0.3) is 0 Å². The van der Waals surface area contributed by atoms with E-state index < -0.39 is 0 Å². The highest BCUT2D eigenvalue weighted by Crippen LogP contribution is 2.27. The van der Waals surface area contributed by atoms with Gasteiger partial charge in [-0.1, -0.05) is 20.8 Å². The van der Waals surface area contributed by atoms with E-state index in [2.05, 4.69) is 56.6 Å². The number of hydrogen-bond donors (Lipinski definition) is 1. The molecule has 0 spiro atoms. The van der Waals surface area contributed by atoms with Crippen molar-refractivity contribution in [2.75, 3.05) is 46.3 Å². The number of nitrogens with one attached hydrogen (secondary N) is 1. The minimum Gasteiger partial charge on any atom is -0.356 e. The Morgan fingerprint density at radius 2 is 2.04 bits per heavy atom. The summed E-state index contributed by atoms with van der Waals surface area (Å²) in [4.78, 5) is 13.7. The molecule has 0 bridgehead atoms. The minimum atomic E-state index is 0.467. The first kappa shape index (κ1) is 20.7. The normalized spacial score (nSPS) is 21.4. The van der Waals surface area contributed by atoms with E-state index in [1.54, 1.807) is 0 Å². The van der Waals surface area contributed by atoms with Crippen LogP contribution in [0.5, 0.6) is 0 Å². The van der Waals surface area contributed by atoms with Crippen LogP contribution in [0.3, 0.4) is 0 Å². The molecule has 2 unspecified atom stereocenters. The average molecular weight is 363 g/mol. The van der Waals surface area contributed by atoms with E-state index in [1.807, 2.05) is 19.6 Å². The van der Waals surface area contributed by atoms with Gasteiger partial charge in [-0.15, -0.1) is 0 Å². The Balaban J connectivity index is 1.81. The average Bonchev–Trinajstić information content (AvgIpc) is 3.17. The SMILES string of the molecule is CCCN(CCC)CCCNC(=NC)N1CCC(C)C(n2ccnc2)C1. The molecule has 6 nitrogen and oxygen atoms in total. The first-order valence-corrected chi connectivity index (χ1v) is 10.3. The zero-order chi connectivity index (χ0) is 18.8. The van der Waals surface area contributed by atoms with Crippen molar-refractivity contribution >= 4 is 5.96 Å². The molecule has 1 fully saturated rings. The van der Waals surface area contributed by atoms with E-state index >= 15 is 0 Å². The Morgan fingerprint density at radius 1 is 1.27 bits per heavy atom. The van der Waals surface area contributed by atoms with Gasteiger partial charge in [0.1, 0.15) is 0 Å². The van der Waals surface area contributed by atoms with E-state index in [1.165, 1.54) is 38.9 Å². The number of aromatic nitrogens is 2. The van der Waals surface area contributed by atoms with Gasteiger partial charge in [0.05, 0.1) is 12.4 Å². The number of imidazole rings is 1. The summed E-state index contributed by atoms with van der Waals surface area (Å²) in [6, 6.07) is 0.467. The topological polar surface area (TPSA) is 48.7 Å². The number of guanidine groups is 1. The molecule has 1 aliphatic heterocycles. The molecule has 148 valence electrons. The van der Waals surface area contributed by atoms with Gasteiger partial charge in [-0.2, -0.15) is 0 Å². The number of rotatable bonds is 9. The fourth-order valence-corrected chi connectivity index (χ4v) is 3.90. The van der Waals surface area contributed by atoms with Crippen LogP contribution in [-0.4, -0.2) is 71.6 Å². The summed E-state index contributed by atoms with van der Waals surface area (Å²) in [5.74, 6) is 1.70. The number of nitrogens with zero attached hydrogens (tertiary/aromatic N) is 5. The molecule has 0 radical (unpaired) electrons. The van der Waals surface area contributed by atoms with Gasteiger partial charge in [0.15, 0.2) is 5.96 Å². The van der Waals surface area contributed by atoms with Crippen molar-refractivity contribution in [3.05, 3.63) is 18.7 Å². The van der Waals surface area contributed by atoms with Crippen LogP contribution in [-0.2, 0) is 0 Å². The summed E-state index contributed by atoms with van der Waals surface area (Å²) in [5, 5.41) is 3.58. The summed E-state index contributed by atoms with van der Waals surface area (Å²) in [6.07, 6.45) is 10.7. The number of hydrogen-bond acceptors (Lipinski definition) is 3. The van der Waals surface area contributed by atoms with Gasteiger partial charge in [0, 0.05) is 39.1 Å². The molecule has 2 heterocycles. The maximum atomic E-state index is 4.53. The number of likely N-dealkylation sites (tertiary alicyclic amines) is 1. The molecule has 0 saturated carbocycles. The predicted molar refractivity (Wildman–Crippen MR) is 110 cm³/mol. The summed E-state index contributed by atoms with van der Waals surface area (Å²) in [6.45, 7) is 13.5. The molecule has 2 rings (SSSR count). The lowest BCUT2D eigenvalue weighted by Crippen LogP contribution is -2.49. The van der Waals surface area contributed by atoms with Crippen molar-refractivity contribution in [1.29, 1.82) is 0 Å². The molecule has 1 aliphatic rings. The molecule has 1 aromatic rings. The summed E-state index contributed by atoms with van der Waals surface area (Å²) in [7, 11) is 1.90. The highest BCUT2D eigenvalue weighted by atomic mass is 15.3. The molecule has 26 heavy (non-hydrogen) atoms. The minimum absolute atomic E-state index is 0.467. The molecule has 6 heteroatoms. The van der Waals surface area contributed by atoms with Gasteiger partial charge < -0.3 is 19.7 Å². The number of piperidine rings is 1. The molecule has 1 saturated heterocycles. The molecule has 0 aromatic carbocycles. The zero-order valence-corrected chi connectivity index (χ0v) is 17.2. The van der Waals surface area contributed by atoms with E-state index in [4.69, 9.17) is 0 Å². The smallest absolute Gasteiger partial charge is 0.193 e. The highest BCUT2D eigenvalue weighted by Gasteiger charge is 2.28. The molecule has 1 aromatic heterocycles. The van der Waals surface area contributed by atoms with E-state index in [9.17, 15) is 0 Å². The maximum Gasteiger partial charge on any atom is 0.193 e. The van der Waals surface area contributed by atoms with E-state index in [-0.39, 0.29) is 0 Å². The Labute approximate surface area is 159 Å². The van der Waals surface area contributed by atoms with Gasteiger partial charge in [-0.3, -0.25) is 4.99 Å². The van der Waals surface area contributed by atoms with Crippen molar-refractivity contribution in [3.63, 3.8) is 0 Å². The maximum absolute atomic E-state index is 4.53. The Morgan fingerprint density at radius 3 is 2.65 bits per heavy atom. The monoisotopic (exact) mass is 362 g/mol. The second-order valence-electron chi connectivity index (χ2n) is 7.46. The van der Waals surface area contributed by atoms with Gasteiger partial charge >= 0.3 is 0 Å². The third-order valence-electron chi connectivity index (χ3n) is 5.35. The van der Waals surface area contributed by atoms with Crippen LogP contribution in [0.4, 0.5) is 0 Å². The van der Waals surface area contributed by atoms with Gasteiger partial charge in [0.25, 0.3) is 0 Å². The van der Waals surface area contributed by atoms with Crippen LogP contribution in [0.2, 0.25) is 0 Å². The lowest BCUT2D eigenvalue weighted by Gasteiger charge is -2.39. The van der Waals surface area contributed by atoms with Crippen molar-refractivity contribution in [2.24, 2.45) is 10.9 Å². The molecular weight excluding hydrogens is 324 g/mol. The fourth-order valence-electron chi connectivity index (χ4n) is 3.90. The third kappa shape index (κ3) is 6.01. The van der Waals surface area contributed by atoms with Crippen LogP contribution >= 0.6 is 0 Å². The summed E-state index contributed by atoms with van der Waals surface area (Å²) >= 11 is 0. The molecule has 0 amide bonds. The van der Waals surface area contributed by atoms with Gasteiger partial charge in [-0.05, 0) is 51.2 Å². The van der Waals surface area contributed by atoms with Crippen molar-refractivity contribution < 1.29 is 0 Å². The highest BCUT2D eigenvalue weighted by molar-refractivity contribution is 5.80. The van der Waals surface area contributed by atoms with Crippen LogP contribution in [0.1, 0.15) is 52.5 Å². The first-order valence-electron chi connectivity index (χ1n) is 10.3. The quantitative estimate of drug-likeness (QED) is 0.417. The Kier molecular flexibility index (Phi) is 8.95. The number of aliphatic imine (C=N–C) groups is 1. The Hall–Kier alpha value is -1.56. The second-order valence-corrected chi connectivity index (χ2v) is 7.46. The summed E-state index contributed by atoms with van der Waals surface area (Å²) in [5.41, 5.74) is 0. The largest absolute Gasteiger partial charge is 0.356 e. The molecule has 0 aliphatic carbocycles. The second kappa shape index (κ2) is 11.2. The van der Waals surface area contributed by atoms with Gasteiger partial charge in [-0.25, -0.2) is 4.98 Å². The standard InChI is InChI=1S/C20H38N6/c1-5-11-24(12-6-2)13-7-9-23-20(21-4)25-14-8-18(3)19(16-25)26-15-10-22-17-26/h10,15,17-19H,5-9,11-14,16H2,1-4H3,(H,21,23). The Bertz CT molecular complexity index is 506. The zero-order valence-electron chi connectivity index (χ0n) is 17.2. The summed E-state index contributed by atoms with van der Waals surface area (Å²) < 4.78 is 2.25. The van der Waals surface area contributed by atoms with Crippen molar-refractivity contribution in [1.82, 2.24) is 24.7 Å².